The third kappa shape index (κ3) is 3.59. The van der Waals surface area contributed by atoms with Crippen LogP contribution in [0.1, 0.15) is 17.7 Å². The van der Waals surface area contributed by atoms with Crippen molar-refractivity contribution in [2.45, 2.75) is 37.5 Å². The quantitative estimate of drug-likeness (QED) is 0.625. The van der Waals surface area contributed by atoms with E-state index in [0.717, 1.165) is 29.4 Å². The van der Waals surface area contributed by atoms with Gasteiger partial charge in [0.15, 0.2) is 11.0 Å². The Bertz CT molecular complexity index is 688. The zero-order valence-electron chi connectivity index (χ0n) is 12.4. The summed E-state index contributed by atoms with van der Waals surface area (Å²) in [5.41, 5.74) is 1.06. The summed E-state index contributed by atoms with van der Waals surface area (Å²) in [6, 6.07) is 2.49. The maximum atomic E-state index is 11.8. The van der Waals surface area contributed by atoms with E-state index in [1.807, 2.05) is 10.6 Å². The maximum Gasteiger partial charge on any atom is 0.230 e. The highest BCUT2D eigenvalue weighted by Gasteiger charge is 2.23. The Kier molecular flexibility index (Phi) is 4.63. The molecule has 2 aromatic heterocycles. The summed E-state index contributed by atoms with van der Waals surface area (Å²) in [7, 11) is 0. The van der Waals surface area contributed by atoms with Crippen LogP contribution < -0.4 is 5.32 Å². The van der Waals surface area contributed by atoms with Gasteiger partial charge >= 0.3 is 0 Å². The SMILES string of the molecule is C=CCn1c(SCC(=O)NC2CC2)nnc1-c1csc(C)c1. The lowest BCUT2D eigenvalue weighted by molar-refractivity contribution is -0.118. The number of thioether (sulfide) groups is 1. The lowest BCUT2D eigenvalue weighted by Crippen LogP contribution is -2.27. The average Bonchev–Trinajstić information content (AvgIpc) is 3.05. The van der Waals surface area contributed by atoms with Gasteiger partial charge in [-0.3, -0.25) is 9.36 Å². The van der Waals surface area contributed by atoms with E-state index < -0.39 is 0 Å². The third-order valence-electron chi connectivity index (χ3n) is 3.29. The predicted octanol–water partition coefficient (Wildman–Crippen LogP) is 2.87. The maximum absolute atomic E-state index is 11.8. The Hall–Kier alpha value is -1.60. The lowest BCUT2D eigenvalue weighted by atomic mass is 10.3. The number of aryl methyl sites for hydroxylation is 1. The Morgan fingerprint density at radius 3 is 3.05 bits per heavy atom. The molecule has 1 fully saturated rings. The number of amides is 1. The van der Waals surface area contributed by atoms with Gasteiger partial charge in [0, 0.05) is 28.4 Å². The second kappa shape index (κ2) is 6.66. The van der Waals surface area contributed by atoms with Crippen molar-refractivity contribution in [2.24, 2.45) is 0 Å². The van der Waals surface area contributed by atoms with Crippen molar-refractivity contribution in [1.29, 1.82) is 0 Å². The van der Waals surface area contributed by atoms with Crippen LogP contribution in [0.4, 0.5) is 0 Å². The number of nitrogens with one attached hydrogen (secondary N) is 1. The van der Waals surface area contributed by atoms with Gasteiger partial charge in [0.05, 0.1) is 5.75 Å². The monoisotopic (exact) mass is 334 g/mol. The van der Waals surface area contributed by atoms with Crippen LogP contribution in [0, 0.1) is 6.92 Å². The van der Waals surface area contributed by atoms with E-state index in [4.69, 9.17) is 0 Å². The highest BCUT2D eigenvalue weighted by Crippen LogP contribution is 2.27. The van der Waals surface area contributed by atoms with E-state index in [-0.39, 0.29) is 5.91 Å². The molecule has 0 unspecified atom stereocenters. The van der Waals surface area contributed by atoms with Crippen molar-refractivity contribution in [2.75, 3.05) is 5.75 Å². The summed E-state index contributed by atoms with van der Waals surface area (Å²) in [5, 5.41) is 14.3. The van der Waals surface area contributed by atoms with Crippen LogP contribution >= 0.6 is 23.1 Å². The van der Waals surface area contributed by atoms with Gasteiger partial charge in [0.1, 0.15) is 0 Å². The minimum Gasteiger partial charge on any atom is -0.353 e. The first-order valence-corrected chi connectivity index (χ1v) is 9.05. The second-order valence-corrected chi connectivity index (χ2v) is 7.34. The number of aromatic nitrogens is 3. The molecule has 0 saturated heterocycles. The fourth-order valence-corrected chi connectivity index (χ4v) is 3.53. The number of rotatable bonds is 7. The summed E-state index contributed by atoms with van der Waals surface area (Å²) in [6.07, 6.45) is 4.02. The third-order valence-corrected chi connectivity index (χ3v) is 5.12. The molecule has 2 heterocycles. The molecule has 116 valence electrons. The number of carbonyl (C=O) groups is 1. The van der Waals surface area contributed by atoms with Crippen molar-refractivity contribution in [1.82, 2.24) is 20.1 Å². The highest BCUT2D eigenvalue weighted by molar-refractivity contribution is 7.99. The molecule has 3 rings (SSSR count). The zero-order chi connectivity index (χ0) is 15.5. The molecule has 1 aliphatic rings. The smallest absolute Gasteiger partial charge is 0.230 e. The van der Waals surface area contributed by atoms with Gasteiger partial charge in [-0.05, 0) is 25.8 Å². The fourth-order valence-electron chi connectivity index (χ4n) is 2.09. The minimum absolute atomic E-state index is 0.0635. The largest absolute Gasteiger partial charge is 0.353 e. The van der Waals surface area contributed by atoms with Crippen LogP contribution in [-0.4, -0.2) is 32.5 Å². The van der Waals surface area contributed by atoms with E-state index in [0.29, 0.717) is 18.3 Å². The molecule has 0 spiro atoms. The van der Waals surface area contributed by atoms with Crippen molar-refractivity contribution in [3.8, 4) is 11.4 Å². The van der Waals surface area contributed by atoms with Gasteiger partial charge in [0.2, 0.25) is 5.91 Å². The van der Waals surface area contributed by atoms with Gasteiger partial charge in [-0.15, -0.1) is 28.1 Å². The lowest BCUT2D eigenvalue weighted by Gasteiger charge is -2.07. The predicted molar refractivity (Wildman–Crippen MR) is 90.2 cm³/mol. The number of thiophene rings is 1. The molecule has 0 aromatic carbocycles. The molecule has 0 bridgehead atoms. The van der Waals surface area contributed by atoms with E-state index in [9.17, 15) is 4.79 Å². The molecule has 0 atom stereocenters. The Labute approximate surface area is 137 Å². The fraction of sp³-hybridized carbons (Fsp3) is 0.400. The molecule has 0 radical (unpaired) electrons. The summed E-state index contributed by atoms with van der Waals surface area (Å²) in [6.45, 7) is 6.50. The zero-order valence-corrected chi connectivity index (χ0v) is 14.0. The van der Waals surface area contributed by atoms with Gasteiger partial charge in [-0.2, -0.15) is 0 Å². The van der Waals surface area contributed by atoms with Crippen molar-refractivity contribution in [3.05, 3.63) is 29.0 Å². The van der Waals surface area contributed by atoms with Gasteiger partial charge in [0.25, 0.3) is 0 Å². The first-order chi connectivity index (χ1) is 10.7. The summed E-state index contributed by atoms with van der Waals surface area (Å²) < 4.78 is 2.00. The Morgan fingerprint density at radius 2 is 2.41 bits per heavy atom. The Morgan fingerprint density at radius 1 is 1.59 bits per heavy atom. The highest BCUT2D eigenvalue weighted by atomic mass is 32.2. The number of allylic oxidation sites excluding steroid dienone is 1. The number of nitrogens with zero attached hydrogens (tertiary/aromatic N) is 3. The first kappa shape index (κ1) is 15.3. The second-order valence-electron chi connectivity index (χ2n) is 5.28. The van der Waals surface area contributed by atoms with Crippen LogP contribution in [0.25, 0.3) is 11.4 Å². The van der Waals surface area contributed by atoms with E-state index in [1.54, 1.807) is 11.3 Å². The van der Waals surface area contributed by atoms with Gasteiger partial charge < -0.3 is 5.32 Å². The molecule has 1 aliphatic carbocycles. The Balaban J connectivity index is 1.74. The number of carbonyl (C=O) groups excluding carboxylic acids is 1. The van der Waals surface area contributed by atoms with Crippen LogP contribution in [0.3, 0.4) is 0 Å². The number of hydrogen-bond donors (Lipinski definition) is 1. The molecule has 5 nitrogen and oxygen atoms in total. The van der Waals surface area contributed by atoms with Crippen LogP contribution in [0.2, 0.25) is 0 Å². The molecule has 2 aromatic rings. The minimum atomic E-state index is 0.0635. The van der Waals surface area contributed by atoms with Crippen LogP contribution in [0.15, 0.2) is 29.3 Å². The molecule has 1 amide bonds. The molecular formula is C15H18N4OS2. The summed E-state index contributed by atoms with van der Waals surface area (Å²) >= 11 is 3.11. The van der Waals surface area contributed by atoms with E-state index in [1.165, 1.54) is 16.6 Å². The standard InChI is InChI=1S/C15H18N4OS2/c1-3-6-19-14(11-7-10(2)21-8-11)17-18-15(19)22-9-13(20)16-12-4-5-12/h3,7-8,12H,1,4-6,9H2,2H3,(H,16,20). The molecule has 22 heavy (non-hydrogen) atoms. The number of hydrogen-bond acceptors (Lipinski definition) is 5. The van der Waals surface area contributed by atoms with Crippen molar-refractivity contribution in [3.63, 3.8) is 0 Å². The topological polar surface area (TPSA) is 59.8 Å². The summed E-state index contributed by atoms with van der Waals surface area (Å²) in [5.74, 6) is 1.26. The molecule has 1 saturated carbocycles. The van der Waals surface area contributed by atoms with E-state index >= 15 is 0 Å². The van der Waals surface area contributed by atoms with Crippen LogP contribution in [-0.2, 0) is 11.3 Å². The molecular weight excluding hydrogens is 316 g/mol. The molecule has 7 heteroatoms. The van der Waals surface area contributed by atoms with Crippen molar-refractivity contribution < 1.29 is 4.79 Å². The van der Waals surface area contributed by atoms with E-state index in [2.05, 4.69) is 40.5 Å². The molecule has 1 N–H and O–H groups in total. The first-order valence-electron chi connectivity index (χ1n) is 7.19. The van der Waals surface area contributed by atoms with Crippen molar-refractivity contribution >= 4 is 29.0 Å². The van der Waals surface area contributed by atoms with Gasteiger partial charge in [-0.25, -0.2) is 0 Å². The molecule has 0 aliphatic heterocycles. The normalized spacial score (nSPS) is 14.0. The summed E-state index contributed by atoms with van der Waals surface area (Å²) in [4.78, 5) is 13.0. The average molecular weight is 334 g/mol. The van der Waals surface area contributed by atoms with Crippen LogP contribution in [0.5, 0.6) is 0 Å². The van der Waals surface area contributed by atoms with Gasteiger partial charge in [-0.1, -0.05) is 17.8 Å².